The lowest BCUT2D eigenvalue weighted by Gasteiger charge is -2.10. The summed E-state index contributed by atoms with van der Waals surface area (Å²) in [6, 6.07) is 5.53. The molecule has 0 atom stereocenters. The number of nitrogens with one attached hydrogen (secondary N) is 1. The number of ether oxygens (including phenoxy) is 1. The Kier molecular flexibility index (Phi) is 3.57. The normalized spacial score (nSPS) is 15.9. The van der Waals surface area contributed by atoms with Gasteiger partial charge in [0, 0.05) is 12.6 Å². The molecule has 5 heteroatoms. The Hall–Kier alpha value is -1.23. The van der Waals surface area contributed by atoms with E-state index >= 15 is 0 Å². The summed E-state index contributed by atoms with van der Waals surface area (Å²) in [5, 5.41) is 3.22. The van der Waals surface area contributed by atoms with Crippen molar-refractivity contribution in [2.75, 3.05) is 13.2 Å². The second-order valence-corrected chi connectivity index (χ2v) is 4.10. The van der Waals surface area contributed by atoms with Gasteiger partial charge in [-0.1, -0.05) is 6.07 Å². The zero-order valence-corrected chi connectivity index (χ0v) is 9.26. The molecule has 0 aliphatic heterocycles. The van der Waals surface area contributed by atoms with Crippen LogP contribution in [0.4, 0.5) is 13.2 Å². The molecule has 1 aromatic rings. The molecule has 1 N–H and O–H groups in total. The first kappa shape index (κ1) is 12.2. The van der Waals surface area contributed by atoms with Crippen LogP contribution in [-0.2, 0) is 6.18 Å². The van der Waals surface area contributed by atoms with Crippen LogP contribution in [0.25, 0.3) is 0 Å². The van der Waals surface area contributed by atoms with Gasteiger partial charge in [-0.05, 0) is 31.0 Å². The Morgan fingerprint density at radius 2 is 2.06 bits per heavy atom. The molecule has 1 saturated carbocycles. The zero-order valence-electron chi connectivity index (χ0n) is 9.26. The second-order valence-electron chi connectivity index (χ2n) is 4.10. The summed E-state index contributed by atoms with van der Waals surface area (Å²) >= 11 is 0. The largest absolute Gasteiger partial charge is 0.492 e. The van der Waals surface area contributed by atoms with E-state index in [0.29, 0.717) is 19.2 Å². The highest BCUT2D eigenvalue weighted by atomic mass is 19.4. The summed E-state index contributed by atoms with van der Waals surface area (Å²) < 4.78 is 42.5. The Morgan fingerprint density at radius 1 is 1.29 bits per heavy atom. The molecule has 1 aliphatic carbocycles. The molecule has 94 valence electrons. The fourth-order valence-electron chi connectivity index (χ4n) is 1.48. The monoisotopic (exact) mass is 245 g/mol. The lowest BCUT2D eigenvalue weighted by Crippen LogP contribution is -2.22. The van der Waals surface area contributed by atoms with Gasteiger partial charge >= 0.3 is 6.18 Å². The van der Waals surface area contributed by atoms with Crippen molar-refractivity contribution in [1.29, 1.82) is 0 Å². The minimum absolute atomic E-state index is 0.262. The molecule has 0 aromatic heterocycles. The topological polar surface area (TPSA) is 21.3 Å². The average molecular weight is 245 g/mol. The van der Waals surface area contributed by atoms with E-state index in [-0.39, 0.29) is 5.75 Å². The van der Waals surface area contributed by atoms with Crippen LogP contribution in [0, 0.1) is 0 Å². The summed E-state index contributed by atoms with van der Waals surface area (Å²) in [5.41, 5.74) is -0.676. The van der Waals surface area contributed by atoms with Gasteiger partial charge in [0.1, 0.15) is 12.4 Å². The third-order valence-electron chi connectivity index (χ3n) is 2.54. The highest BCUT2D eigenvalue weighted by Gasteiger charge is 2.30. The number of halogens is 3. The minimum atomic E-state index is -4.31. The maximum Gasteiger partial charge on any atom is 0.416 e. The quantitative estimate of drug-likeness (QED) is 0.805. The summed E-state index contributed by atoms with van der Waals surface area (Å²) in [4.78, 5) is 0. The molecule has 0 amide bonds. The summed E-state index contributed by atoms with van der Waals surface area (Å²) in [6.07, 6.45) is -1.95. The van der Waals surface area contributed by atoms with E-state index in [1.807, 2.05) is 0 Å². The van der Waals surface area contributed by atoms with Gasteiger partial charge in [-0.25, -0.2) is 0 Å². The van der Waals surface area contributed by atoms with Crippen LogP contribution in [0.3, 0.4) is 0 Å². The highest BCUT2D eigenvalue weighted by molar-refractivity contribution is 5.30. The van der Waals surface area contributed by atoms with Gasteiger partial charge in [-0.3, -0.25) is 0 Å². The van der Waals surface area contributed by atoms with Crippen LogP contribution < -0.4 is 10.1 Å². The van der Waals surface area contributed by atoms with Crippen LogP contribution in [0.15, 0.2) is 24.3 Å². The lowest BCUT2D eigenvalue weighted by molar-refractivity contribution is -0.137. The van der Waals surface area contributed by atoms with E-state index in [9.17, 15) is 13.2 Å². The molecule has 17 heavy (non-hydrogen) atoms. The smallest absolute Gasteiger partial charge is 0.416 e. The van der Waals surface area contributed by atoms with E-state index in [0.717, 1.165) is 12.1 Å². The molecule has 0 bridgehead atoms. The molecule has 0 unspecified atom stereocenters. The van der Waals surface area contributed by atoms with Gasteiger partial charge in [-0.15, -0.1) is 0 Å². The van der Waals surface area contributed by atoms with Gasteiger partial charge in [0.25, 0.3) is 0 Å². The summed E-state index contributed by atoms with van der Waals surface area (Å²) in [5.74, 6) is 0.262. The average Bonchev–Trinajstić information content (AvgIpc) is 3.08. The van der Waals surface area contributed by atoms with Crippen LogP contribution in [0.2, 0.25) is 0 Å². The predicted molar refractivity (Wildman–Crippen MR) is 58.0 cm³/mol. The van der Waals surface area contributed by atoms with Crippen LogP contribution in [0.1, 0.15) is 18.4 Å². The van der Waals surface area contributed by atoms with Crippen molar-refractivity contribution in [1.82, 2.24) is 5.32 Å². The van der Waals surface area contributed by atoms with Gasteiger partial charge in [0.2, 0.25) is 0 Å². The Balaban J connectivity index is 1.82. The molecular formula is C12H14F3NO. The van der Waals surface area contributed by atoms with Gasteiger partial charge in [0.05, 0.1) is 5.56 Å². The van der Waals surface area contributed by atoms with Crippen molar-refractivity contribution in [3.05, 3.63) is 29.8 Å². The van der Waals surface area contributed by atoms with Gasteiger partial charge in [0.15, 0.2) is 0 Å². The SMILES string of the molecule is FC(F)(F)c1cccc(OCCNC2CC2)c1. The molecule has 1 aliphatic rings. The first-order valence-electron chi connectivity index (χ1n) is 5.59. The Bertz CT molecular complexity index is 374. The van der Waals surface area contributed by atoms with Gasteiger partial charge in [-0.2, -0.15) is 13.2 Å². The molecule has 1 aromatic carbocycles. The van der Waals surface area contributed by atoms with Gasteiger partial charge < -0.3 is 10.1 Å². The van der Waals surface area contributed by atoms with Crippen LogP contribution in [0.5, 0.6) is 5.75 Å². The number of hydrogen-bond acceptors (Lipinski definition) is 2. The Morgan fingerprint density at radius 3 is 2.71 bits per heavy atom. The number of rotatable bonds is 5. The third-order valence-corrected chi connectivity index (χ3v) is 2.54. The fraction of sp³-hybridized carbons (Fsp3) is 0.500. The van der Waals surface area contributed by atoms with E-state index < -0.39 is 11.7 Å². The van der Waals surface area contributed by atoms with Crippen molar-refractivity contribution in [2.24, 2.45) is 0 Å². The van der Waals surface area contributed by atoms with Crippen molar-refractivity contribution >= 4 is 0 Å². The fourth-order valence-corrected chi connectivity index (χ4v) is 1.48. The molecule has 2 nitrogen and oxygen atoms in total. The summed E-state index contributed by atoms with van der Waals surface area (Å²) in [7, 11) is 0. The molecule has 2 rings (SSSR count). The van der Waals surface area contributed by atoms with E-state index in [4.69, 9.17) is 4.74 Å². The molecular weight excluding hydrogens is 231 g/mol. The molecule has 0 saturated heterocycles. The molecule has 0 spiro atoms. The zero-order chi connectivity index (χ0) is 12.3. The maximum atomic E-state index is 12.4. The first-order chi connectivity index (χ1) is 8.05. The predicted octanol–water partition coefficient (Wildman–Crippen LogP) is 2.84. The van der Waals surface area contributed by atoms with Crippen LogP contribution >= 0.6 is 0 Å². The highest BCUT2D eigenvalue weighted by Crippen LogP contribution is 2.31. The standard InChI is InChI=1S/C12H14F3NO/c13-12(14,15)9-2-1-3-11(8-9)17-7-6-16-10-4-5-10/h1-3,8,10,16H,4-7H2. The van der Waals surface area contributed by atoms with Crippen molar-refractivity contribution in [2.45, 2.75) is 25.1 Å². The minimum Gasteiger partial charge on any atom is -0.492 e. The van der Waals surface area contributed by atoms with Crippen molar-refractivity contribution in [3.63, 3.8) is 0 Å². The maximum absolute atomic E-state index is 12.4. The summed E-state index contributed by atoms with van der Waals surface area (Å²) in [6.45, 7) is 1.05. The van der Waals surface area contributed by atoms with E-state index in [1.165, 1.54) is 25.0 Å². The first-order valence-corrected chi connectivity index (χ1v) is 5.59. The third kappa shape index (κ3) is 3.93. The number of hydrogen-bond donors (Lipinski definition) is 1. The lowest BCUT2D eigenvalue weighted by atomic mass is 10.2. The Labute approximate surface area is 97.8 Å². The van der Waals surface area contributed by atoms with E-state index in [2.05, 4.69) is 5.32 Å². The van der Waals surface area contributed by atoms with Crippen molar-refractivity contribution < 1.29 is 17.9 Å². The molecule has 0 heterocycles. The second kappa shape index (κ2) is 4.96. The number of benzene rings is 1. The molecule has 0 radical (unpaired) electrons. The van der Waals surface area contributed by atoms with Crippen molar-refractivity contribution in [3.8, 4) is 5.75 Å². The van der Waals surface area contributed by atoms with E-state index in [1.54, 1.807) is 0 Å². The van der Waals surface area contributed by atoms with Crippen LogP contribution in [-0.4, -0.2) is 19.2 Å². The molecule has 1 fully saturated rings. The number of alkyl halides is 3.